The number of carbonyl (C=O) groups is 1. The highest BCUT2D eigenvalue weighted by molar-refractivity contribution is 9.09. The lowest BCUT2D eigenvalue weighted by molar-refractivity contribution is 0.0955. The van der Waals surface area contributed by atoms with Crippen LogP contribution in [0.3, 0.4) is 0 Å². The Morgan fingerprint density at radius 3 is 3.00 bits per heavy atom. The molecular formula is C15H17BrN2O. The van der Waals surface area contributed by atoms with Gasteiger partial charge >= 0.3 is 0 Å². The zero-order valence-electron chi connectivity index (χ0n) is 10.9. The lowest BCUT2D eigenvalue weighted by Crippen LogP contribution is -2.26. The number of aromatic nitrogens is 1. The number of hydrogen-bond acceptors (Lipinski definition) is 2. The fourth-order valence-corrected chi connectivity index (χ4v) is 2.17. The molecule has 4 heteroatoms. The molecule has 19 heavy (non-hydrogen) atoms. The Bertz CT molecular complexity index is 566. The van der Waals surface area contributed by atoms with Crippen LogP contribution in [-0.4, -0.2) is 22.3 Å². The molecule has 0 radical (unpaired) electrons. The fraction of sp³-hybridized carbons (Fsp3) is 0.333. The Labute approximate surface area is 121 Å². The summed E-state index contributed by atoms with van der Waals surface area (Å²) >= 11 is 3.56. The van der Waals surface area contributed by atoms with E-state index in [2.05, 4.69) is 33.2 Å². The molecule has 100 valence electrons. The lowest BCUT2D eigenvalue weighted by atomic mass is 10.1. The van der Waals surface area contributed by atoms with Crippen LogP contribution in [0.25, 0.3) is 10.9 Å². The molecule has 3 nitrogen and oxygen atoms in total. The van der Waals surface area contributed by atoms with Crippen LogP contribution in [0.2, 0.25) is 0 Å². The van der Waals surface area contributed by atoms with Crippen LogP contribution in [0.15, 0.2) is 36.5 Å². The number of nitrogens with zero attached hydrogens (tertiary/aromatic N) is 1. The predicted molar refractivity (Wildman–Crippen MR) is 81.7 cm³/mol. The molecule has 2 rings (SSSR count). The van der Waals surface area contributed by atoms with Crippen LogP contribution in [-0.2, 0) is 0 Å². The summed E-state index contributed by atoms with van der Waals surface area (Å²) in [4.78, 5) is 16.9. The number of halogens is 1. The zero-order valence-corrected chi connectivity index (χ0v) is 12.5. The van der Waals surface area contributed by atoms with Crippen LogP contribution in [0.5, 0.6) is 0 Å². The van der Waals surface area contributed by atoms with Crippen molar-refractivity contribution in [3.05, 3.63) is 42.1 Å². The molecule has 0 saturated heterocycles. The third-order valence-corrected chi connectivity index (χ3v) is 4.18. The summed E-state index contributed by atoms with van der Waals surface area (Å²) in [7, 11) is 0. The Morgan fingerprint density at radius 2 is 2.21 bits per heavy atom. The largest absolute Gasteiger partial charge is 0.352 e. The highest BCUT2D eigenvalue weighted by Gasteiger charge is 2.10. The first-order valence-electron chi connectivity index (χ1n) is 6.48. The maximum atomic E-state index is 12.2. The van der Waals surface area contributed by atoms with Gasteiger partial charge in [-0.15, -0.1) is 0 Å². The Balaban J connectivity index is 2.09. The SMILES string of the molecule is CCC(Br)CCNC(=O)c1cccc2ncccc12. The molecule has 1 atom stereocenters. The van der Waals surface area contributed by atoms with Crippen molar-refractivity contribution >= 4 is 32.7 Å². The van der Waals surface area contributed by atoms with E-state index in [9.17, 15) is 4.79 Å². The number of nitrogens with one attached hydrogen (secondary N) is 1. The maximum absolute atomic E-state index is 12.2. The molecule has 0 aliphatic heterocycles. The molecule has 0 spiro atoms. The van der Waals surface area contributed by atoms with E-state index in [4.69, 9.17) is 0 Å². The van der Waals surface area contributed by atoms with E-state index >= 15 is 0 Å². The van der Waals surface area contributed by atoms with Gasteiger partial charge in [-0.2, -0.15) is 0 Å². The summed E-state index contributed by atoms with van der Waals surface area (Å²) in [5.74, 6) is -0.0330. The molecule has 0 aliphatic carbocycles. The van der Waals surface area contributed by atoms with E-state index in [1.807, 2.05) is 30.3 Å². The van der Waals surface area contributed by atoms with Crippen molar-refractivity contribution in [2.45, 2.75) is 24.6 Å². The summed E-state index contributed by atoms with van der Waals surface area (Å²) in [5.41, 5.74) is 1.54. The first-order valence-corrected chi connectivity index (χ1v) is 7.40. The summed E-state index contributed by atoms with van der Waals surface area (Å²) in [6.45, 7) is 2.80. The van der Waals surface area contributed by atoms with Crippen LogP contribution in [0.4, 0.5) is 0 Å². The number of carbonyl (C=O) groups excluding carboxylic acids is 1. The second-order valence-electron chi connectivity index (χ2n) is 4.43. The molecule has 2 aromatic rings. The molecule has 0 aliphatic rings. The number of amides is 1. The van der Waals surface area contributed by atoms with Crippen molar-refractivity contribution in [2.75, 3.05) is 6.54 Å². The van der Waals surface area contributed by atoms with E-state index < -0.39 is 0 Å². The lowest BCUT2D eigenvalue weighted by Gasteiger charge is -2.09. The predicted octanol–water partition coefficient (Wildman–Crippen LogP) is 3.53. The van der Waals surface area contributed by atoms with Crippen molar-refractivity contribution in [2.24, 2.45) is 0 Å². The minimum absolute atomic E-state index is 0.0330. The fourth-order valence-electron chi connectivity index (χ4n) is 1.94. The minimum atomic E-state index is -0.0330. The van der Waals surface area contributed by atoms with Crippen LogP contribution in [0, 0.1) is 0 Å². The smallest absolute Gasteiger partial charge is 0.251 e. The number of fused-ring (bicyclic) bond motifs is 1. The number of hydrogen-bond donors (Lipinski definition) is 1. The molecule has 1 unspecified atom stereocenters. The number of benzene rings is 1. The van der Waals surface area contributed by atoms with Crippen molar-refractivity contribution in [1.82, 2.24) is 10.3 Å². The molecule has 1 heterocycles. The van der Waals surface area contributed by atoms with Gasteiger partial charge in [0.25, 0.3) is 5.91 Å². The molecule has 0 fully saturated rings. The first kappa shape index (κ1) is 14.0. The maximum Gasteiger partial charge on any atom is 0.251 e. The average Bonchev–Trinajstić information content (AvgIpc) is 2.46. The number of rotatable bonds is 5. The second kappa shape index (κ2) is 6.66. The molecule has 1 N–H and O–H groups in total. The van der Waals surface area contributed by atoms with E-state index in [0.29, 0.717) is 16.9 Å². The van der Waals surface area contributed by atoms with Gasteiger partial charge in [0.1, 0.15) is 0 Å². The van der Waals surface area contributed by atoms with Gasteiger partial charge < -0.3 is 5.32 Å². The van der Waals surface area contributed by atoms with Gasteiger partial charge in [0.2, 0.25) is 0 Å². The van der Waals surface area contributed by atoms with Gasteiger partial charge in [-0.3, -0.25) is 9.78 Å². The Morgan fingerprint density at radius 1 is 1.37 bits per heavy atom. The topological polar surface area (TPSA) is 42.0 Å². The highest BCUT2D eigenvalue weighted by Crippen LogP contribution is 2.16. The first-order chi connectivity index (χ1) is 9.22. The third-order valence-electron chi connectivity index (χ3n) is 3.08. The van der Waals surface area contributed by atoms with Crippen molar-refractivity contribution in [3.8, 4) is 0 Å². The van der Waals surface area contributed by atoms with Crippen molar-refractivity contribution in [3.63, 3.8) is 0 Å². The second-order valence-corrected chi connectivity index (χ2v) is 5.72. The van der Waals surface area contributed by atoms with Crippen LogP contribution < -0.4 is 5.32 Å². The van der Waals surface area contributed by atoms with Crippen molar-refractivity contribution < 1.29 is 4.79 Å². The van der Waals surface area contributed by atoms with Gasteiger partial charge in [0.05, 0.1) is 5.52 Å². The molecule has 1 aromatic heterocycles. The molecule has 0 saturated carbocycles. The quantitative estimate of drug-likeness (QED) is 0.856. The summed E-state index contributed by atoms with van der Waals surface area (Å²) in [6, 6.07) is 9.40. The van der Waals surface area contributed by atoms with Gasteiger partial charge in [-0.25, -0.2) is 0 Å². The summed E-state index contributed by atoms with van der Waals surface area (Å²) < 4.78 is 0. The Kier molecular flexibility index (Phi) is 4.91. The molecular weight excluding hydrogens is 304 g/mol. The summed E-state index contributed by atoms with van der Waals surface area (Å²) in [6.07, 6.45) is 3.74. The zero-order chi connectivity index (χ0) is 13.7. The molecule has 1 aromatic carbocycles. The monoisotopic (exact) mass is 320 g/mol. The average molecular weight is 321 g/mol. The van der Waals surface area contributed by atoms with Gasteiger partial charge in [-0.1, -0.05) is 35.0 Å². The highest BCUT2D eigenvalue weighted by atomic mass is 79.9. The van der Waals surface area contributed by atoms with E-state index in [-0.39, 0.29) is 5.91 Å². The standard InChI is InChI=1S/C15H17BrN2O/c1-2-11(16)8-10-18-15(19)13-5-3-7-14-12(13)6-4-9-17-14/h3-7,9,11H,2,8,10H2,1H3,(H,18,19). The van der Waals surface area contributed by atoms with Gasteiger partial charge in [0, 0.05) is 28.5 Å². The minimum Gasteiger partial charge on any atom is -0.352 e. The van der Waals surface area contributed by atoms with Crippen LogP contribution in [0.1, 0.15) is 30.1 Å². The van der Waals surface area contributed by atoms with Gasteiger partial charge in [-0.05, 0) is 31.0 Å². The van der Waals surface area contributed by atoms with E-state index in [1.54, 1.807) is 6.20 Å². The van der Waals surface area contributed by atoms with Crippen molar-refractivity contribution in [1.29, 1.82) is 0 Å². The normalized spacial score (nSPS) is 12.3. The number of alkyl halides is 1. The number of pyridine rings is 1. The van der Waals surface area contributed by atoms with E-state index in [0.717, 1.165) is 23.7 Å². The van der Waals surface area contributed by atoms with Gasteiger partial charge in [0.15, 0.2) is 0 Å². The Hall–Kier alpha value is -1.42. The molecule has 1 amide bonds. The van der Waals surface area contributed by atoms with E-state index in [1.165, 1.54) is 0 Å². The molecule has 0 bridgehead atoms. The third kappa shape index (κ3) is 3.53. The van der Waals surface area contributed by atoms with Crippen LogP contribution >= 0.6 is 15.9 Å². The summed E-state index contributed by atoms with van der Waals surface area (Å²) in [5, 5.41) is 3.86.